The van der Waals surface area contributed by atoms with Crippen molar-refractivity contribution >= 4 is 39.9 Å². The van der Waals surface area contributed by atoms with Crippen LogP contribution in [0.25, 0.3) is 10.8 Å². The summed E-state index contributed by atoms with van der Waals surface area (Å²) in [6, 6.07) is 15.8. The van der Waals surface area contributed by atoms with Crippen LogP contribution in [0.4, 0.5) is 11.4 Å². The number of rotatable bonds is 4. The van der Waals surface area contributed by atoms with E-state index >= 15 is 0 Å². The minimum absolute atomic E-state index is 0.162. The first-order valence-corrected chi connectivity index (χ1v) is 12.4. The zero-order valence-corrected chi connectivity index (χ0v) is 21.2. The second kappa shape index (κ2) is 10.1. The first-order chi connectivity index (χ1) is 17.9. The molecule has 3 aromatic rings. The number of amides is 3. The molecule has 3 N–H and O–H groups in total. The average molecular weight is 502 g/mol. The van der Waals surface area contributed by atoms with Crippen LogP contribution in [0.3, 0.4) is 0 Å². The van der Waals surface area contributed by atoms with Crippen molar-refractivity contribution in [3.63, 3.8) is 0 Å². The molecule has 0 saturated carbocycles. The van der Waals surface area contributed by atoms with Crippen LogP contribution in [0, 0.1) is 0 Å². The molecule has 37 heavy (non-hydrogen) atoms. The lowest BCUT2D eigenvalue weighted by Crippen LogP contribution is -2.55. The van der Waals surface area contributed by atoms with Gasteiger partial charge in [-0.3, -0.25) is 14.4 Å². The second-order valence-corrected chi connectivity index (χ2v) is 9.37. The molecule has 3 aliphatic rings. The first kappa shape index (κ1) is 24.6. The maximum Gasteiger partial charge on any atom is 0.251 e. The maximum absolute atomic E-state index is 14.1. The van der Waals surface area contributed by atoms with Crippen LogP contribution in [-0.4, -0.2) is 63.6 Å². The highest BCUT2D eigenvalue weighted by Gasteiger charge is 2.36. The summed E-state index contributed by atoms with van der Waals surface area (Å²) in [5.41, 5.74) is 3.00. The molecule has 9 nitrogen and oxygen atoms in total. The van der Waals surface area contributed by atoms with E-state index < -0.39 is 12.1 Å². The van der Waals surface area contributed by atoms with Crippen molar-refractivity contribution in [2.24, 2.45) is 0 Å². The molecular weight excluding hydrogens is 470 g/mol. The van der Waals surface area contributed by atoms with Crippen molar-refractivity contribution in [3.8, 4) is 5.75 Å². The Bertz CT molecular complexity index is 1370. The number of nitrogens with zero attached hydrogens (tertiary/aromatic N) is 2. The predicted molar refractivity (Wildman–Crippen MR) is 143 cm³/mol. The van der Waals surface area contributed by atoms with Crippen molar-refractivity contribution < 1.29 is 19.1 Å². The maximum atomic E-state index is 14.1. The summed E-state index contributed by atoms with van der Waals surface area (Å²) in [5.74, 6) is 0.0199. The number of carbonyl (C=O) groups is 3. The van der Waals surface area contributed by atoms with Gasteiger partial charge in [-0.1, -0.05) is 24.3 Å². The van der Waals surface area contributed by atoms with E-state index in [1.165, 1.54) is 0 Å². The molecular formula is C28H31N5O4. The van der Waals surface area contributed by atoms with Gasteiger partial charge in [-0.05, 0) is 55.1 Å². The van der Waals surface area contributed by atoms with Crippen molar-refractivity contribution in [1.82, 2.24) is 16.0 Å². The van der Waals surface area contributed by atoms with Crippen molar-refractivity contribution in [2.45, 2.75) is 25.6 Å². The highest BCUT2D eigenvalue weighted by molar-refractivity contribution is 6.05. The molecule has 3 aromatic carbocycles. The molecule has 9 heteroatoms. The van der Waals surface area contributed by atoms with Crippen LogP contribution in [0.1, 0.15) is 22.8 Å². The lowest BCUT2D eigenvalue weighted by molar-refractivity contribution is -0.128. The Morgan fingerprint density at radius 1 is 1.11 bits per heavy atom. The predicted octanol–water partition coefficient (Wildman–Crippen LogP) is 2.04. The molecule has 0 aliphatic carbocycles. The van der Waals surface area contributed by atoms with Crippen LogP contribution in [-0.2, 0) is 16.1 Å². The molecule has 3 aliphatic heterocycles. The minimum atomic E-state index is -0.788. The Morgan fingerprint density at radius 3 is 2.65 bits per heavy atom. The number of methoxy groups -OCH3 is 1. The first-order valence-electron chi connectivity index (χ1n) is 12.4. The van der Waals surface area contributed by atoms with E-state index in [2.05, 4.69) is 16.0 Å². The molecule has 0 radical (unpaired) electrons. The monoisotopic (exact) mass is 501 g/mol. The number of fused-ring (bicyclic) bond motifs is 4. The Hall–Kier alpha value is -4.11. The number of hydrogen-bond acceptors (Lipinski definition) is 6. The van der Waals surface area contributed by atoms with Gasteiger partial charge in [-0.15, -0.1) is 0 Å². The Morgan fingerprint density at radius 2 is 1.89 bits per heavy atom. The molecule has 0 saturated heterocycles. The van der Waals surface area contributed by atoms with E-state index in [0.717, 1.165) is 27.7 Å². The molecule has 0 unspecified atom stereocenters. The van der Waals surface area contributed by atoms with Gasteiger partial charge in [0.1, 0.15) is 11.8 Å². The Balaban J connectivity index is 1.69. The number of anilines is 2. The van der Waals surface area contributed by atoms with E-state index in [1.54, 1.807) is 32.0 Å². The molecule has 0 aromatic heterocycles. The molecule has 3 amide bonds. The molecule has 0 spiro atoms. The SMILES string of the molecule is CN[C@@H](C)C(=O)N[C@H]1CN2CCNC(=O)c3ccc4c(c(OC)ccc4c3)CN(C1=O)c1ccccc12. The summed E-state index contributed by atoms with van der Waals surface area (Å²) >= 11 is 0. The summed E-state index contributed by atoms with van der Waals surface area (Å²) in [5, 5.41) is 10.7. The third-order valence-electron chi connectivity index (χ3n) is 7.18. The summed E-state index contributed by atoms with van der Waals surface area (Å²) in [7, 11) is 3.31. The van der Waals surface area contributed by atoms with E-state index in [1.807, 2.05) is 53.4 Å². The summed E-state index contributed by atoms with van der Waals surface area (Å²) in [4.78, 5) is 43.7. The van der Waals surface area contributed by atoms with Crippen LogP contribution in [0.5, 0.6) is 5.75 Å². The lowest BCUT2D eigenvalue weighted by Gasteiger charge is -2.27. The Kier molecular flexibility index (Phi) is 6.71. The van der Waals surface area contributed by atoms with Gasteiger partial charge >= 0.3 is 0 Å². The number of ether oxygens (including phenoxy) is 1. The van der Waals surface area contributed by atoms with Crippen LogP contribution in [0.2, 0.25) is 0 Å². The molecule has 0 fully saturated rings. The van der Waals surface area contributed by atoms with Crippen LogP contribution < -0.4 is 30.5 Å². The fourth-order valence-corrected chi connectivity index (χ4v) is 5.01. The van der Waals surface area contributed by atoms with Gasteiger partial charge in [-0.25, -0.2) is 0 Å². The van der Waals surface area contributed by atoms with Crippen LogP contribution >= 0.6 is 0 Å². The van der Waals surface area contributed by atoms with Crippen molar-refractivity contribution in [1.29, 1.82) is 0 Å². The third kappa shape index (κ3) is 4.58. The number of nitrogens with one attached hydrogen (secondary N) is 3. The number of carbonyl (C=O) groups excluding carboxylic acids is 3. The van der Waals surface area contributed by atoms with Gasteiger partial charge in [-0.2, -0.15) is 0 Å². The van der Waals surface area contributed by atoms with Gasteiger partial charge in [0, 0.05) is 30.8 Å². The van der Waals surface area contributed by atoms with Gasteiger partial charge in [0.25, 0.3) is 11.8 Å². The summed E-state index contributed by atoms with van der Waals surface area (Å²) in [6.45, 7) is 3.11. The zero-order chi connectivity index (χ0) is 26.1. The average Bonchev–Trinajstić information content (AvgIpc) is 3.02. The minimum Gasteiger partial charge on any atom is -0.496 e. The highest BCUT2D eigenvalue weighted by Crippen LogP contribution is 2.37. The van der Waals surface area contributed by atoms with Gasteiger partial charge in [0.05, 0.1) is 31.1 Å². The smallest absolute Gasteiger partial charge is 0.251 e. The van der Waals surface area contributed by atoms with Gasteiger partial charge < -0.3 is 30.5 Å². The quantitative estimate of drug-likeness (QED) is 0.506. The van der Waals surface area contributed by atoms with Crippen LogP contribution in [0.15, 0.2) is 54.6 Å². The molecule has 6 bridgehead atoms. The molecule has 192 valence electrons. The normalized spacial score (nSPS) is 18.3. The van der Waals surface area contributed by atoms with E-state index in [0.29, 0.717) is 24.4 Å². The number of benzene rings is 3. The number of likely N-dealkylation sites (N-methyl/N-ethyl adjacent to an activating group) is 1. The standard InChI is InChI=1S/C28H31N5O4/c1-17(29-2)26(34)31-22-16-32-13-12-30-27(35)19-8-10-20-18(14-19)9-11-25(37-3)21(20)15-33(28(22)36)24-7-5-4-6-23(24)32/h4-11,14,17,22,29H,12-13,15-16H2,1-3H3,(H,30,35)(H,31,34)/t17-,22-/m0/s1. The summed E-state index contributed by atoms with van der Waals surface area (Å²) < 4.78 is 5.71. The third-order valence-corrected chi connectivity index (χ3v) is 7.18. The largest absolute Gasteiger partial charge is 0.496 e. The summed E-state index contributed by atoms with van der Waals surface area (Å²) in [6.07, 6.45) is 0. The topological polar surface area (TPSA) is 103 Å². The fraction of sp³-hybridized carbons (Fsp3) is 0.321. The zero-order valence-electron chi connectivity index (χ0n) is 21.2. The fourth-order valence-electron chi connectivity index (χ4n) is 5.01. The Labute approximate surface area is 215 Å². The molecule has 3 heterocycles. The van der Waals surface area contributed by atoms with E-state index in [-0.39, 0.29) is 30.8 Å². The number of para-hydroxylation sites is 2. The molecule has 6 rings (SSSR count). The van der Waals surface area contributed by atoms with E-state index in [9.17, 15) is 14.4 Å². The van der Waals surface area contributed by atoms with Gasteiger partial charge in [0.15, 0.2) is 0 Å². The second-order valence-electron chi connectivity index (χ2n) is 9.37. The van der Waals surface area contributed by atoms with Crippen molar-refractivity contribution in [2.75, 3.05) is 43.6 Å². The van der Waals surface area contributed by atoms with Crippen molar-refractivity contribution in [3.05, 3.63) is 65.7 Å². The lowest BCUT2D eigenvalue weighted by atomic mass is 9.99. The highest BCUT2D eigenvalue weighted by atomic mass is 16.5. The van der Waals surface area contributed by atoms with Gasteiger partial charge in [0.2, 0.25) is 5.91 Å². The molecule has 2 atom stereocenters. The number of hydrogen-bond donors (Lipinski definition) is 3. The van der Waals surface area contributed by atoms with E-state index in [4.69, 9.17) is 4.74 Å².